The first-order valence-electron chi connectivity index (χ1n) is 7.78. The molecule has 116 valence electrons. The van der Waals surface area contributed by atoms with Crippen LogP contribution in [0.5, 0.6) is 5.75 Å². The number of ether oxygens (including phenoxy) is 1. The van der Waals surface area contributed by atoms with Crippen LogP contribution >= 0.6 is 11.8 Å². The minimum atomic E-state index is -0.454. The molecule has 21 heavy (non-hydrogen) atoms. The van der Waals surface area contributed by atoms with E-state index in [1.807, 2.05) is 43.0 Å². The average molecular weight is 307 g/mol. The summed E-state index contributed by atoms with van der Waals surface area (Å²) >= 11 is 1.99. The maximum atomic E-state index is 12.0. The molecule has 0 aromatic heterocycles. The fraction of sp³-hybridized carbons (Fsp3) is 0.588. The molecular weight excluding hydrogens is 282 g/mol. The van der Waals surface area contributed by atoms with Gasteiger partial charge >= 0.3 is 0 Å². The zero-order chi connectivity index (χ0) is 15.1. The number of rotatable bonds is 7. The van der Waals surface area contributed by atoms with E-state index in [1.165, 1.54) is 31.2 Å². The van der Waals surface area contributed by atoms with Crippen LogP contribution in [0.25, 0.3) is 0 Å². The molecule has 1 aliphatic carbocycles. The highest BCUT2D eigenvalue weighted by Gasteiger charge is 2.16. The minimum absolute atomic E-state index is 0.0393. The molecule has 3 nitrogen and oxygen atoms in total. The highest BCUT2D eigenvalue weighted by atomic mass is 32.2. The molecule has 1 atom stereocenters. The molecule has 1 saturated carbocycles. The Morgan fingerprint density at radius 3 is 2.67 bits per heavy atom. The third kappa shape index (κ3) is 5.62. The van der Waals surface area contributed by atoms with E-state index in [9.17, 15) is 4.79 Å². The quantitative estimate of drug-likeness (QED) is 0.783. The van der Waals surface area contributed by atoms with Gasteiger partial charge in [-0.25, -0.2) is 0 Å². The number of carbonyl (C=O) groups excluding carboxylic acids is 1. The number of nitrogens with one attached hydrogen (secondary N) is 1. The fourth-order valence-corrected chi connectivity index (χ4v) is 3.69. The number of benzene rings is 1. The van der Waals surface area contributed by atoms with Crippen molar-refractivity contribution < 1.29 is 9.53 Å². The molecule has 0 bridgehead atoms. The molecule has 0 radical (unpaired) electrons. The maximum Gasteiger partial charge on any atom is 0.260 e. The monoisotopic (exact) mass is 307 g/mol. The molecule has 1 aliphatic rings. The van der Waals surface area contributed by atoms with Gasteiger partial charge in [0.2, 0.25) is 0 Å². The lowest BCUT2D eigenvalue weighted by atomic mass is 10.2. The summed E-state index contributed by atoms with van der Waals surface area (Å²) in [7, 11) is 0. The number of hydrogen-bond acceptors (Lipinski definition) is 3. The van der Waals surface area contributed by atoms with Gasteiger partial charge in [-0.2, -0.15) is 11.8 Å². The second kappa shape index (κ2) is 8.32. The van der Waals surface area contributed by atoms with Crippen molar-refractivity contribution in [2.45, 2.75) is 50.9 Å². The standard InChI is InChI=1S/C17H25NO2S/c1-13-7-9-15(10-8-13)20-14(2)17(19)18-11-12-21-16-5-3-4-6-16/h7-10,14,16H,3-6,11-12H2,1-2H3,(H,18,19). The van der Waals surface area contributed by atoms with Crippen molar-refractivity contribution in [3.63, 3.8) is 0 Å². The predicted molar refractivity (Wildman–Crippen MR) is 89.0 cm³/mol. The molecule has 2 rings (SSSR count). The van der Waals surface area contributed by atoms with Crippen molar-refractivity contribution in [2.75, 3.05) is 12.3 Å². The molecule has 4 heteroatoms. The maximum absolute atomic E-state index is 12.0. The van der Waals surface area contributed by atoms with Gasteiger partial charge < -0.3 is 10.1 Å². The number of hydrogen-bond donors (Lipinski definition) is 1. The van der Waals surface area contributed by atoms with E-state index in [1.54, 1.807) is 6.92 Å². The molecule has 1 aromatic rings. The largest absolute Gasteiger partial charge is 0.481 e. The molecule has 0 saturated heterocycles. The summed E-state index contributed by atoms with van der Waals surface area (Å²) < 4.78 is 5.64. The second-order valence-corrected chi connectivity index (χ2v) is 7.05. The normalized spacial score (nSPS) is 16.7. The molecule has 1 N–H and O–H groups in total. The van der Waals surface area contributed by atoms with Crippen LogP contribution in [0.15, 0.2) is 24.3 Å². The SMILES string of the molecule is Cc1ccc(OC(C)C(=O)NCCSC2CCCC2)cc1. The predicted octanol–water partition coefficient (Wildman–Crippen LogP) is 3.55. The first kappa shape index (κ1) is 16.2. The van der Waals surface area contributed by atoms with E-state index >= 15 is 0 Å². The molecular formula is C17H25NO2S. The molecule has 1 amide bonds. The summed E-state index contributed by atoms with van der Waals surface area (Å²) in [6.07, 6.45) is 4.96. The number of amides is 1. The Morgan fingerprint density at radius 1 is 1.33 bits per heavy atom. The first-order valence-corrected chi connectivity index (χ1v) is 8.82. The van der Waals surface area contributed by atoms with Gasteiger partial charge in [-0.1, -0.05) is 30.5 Å². The Bertz CT molecular complexity index is 441. The van der Waals surface area contributed by atoms with Crippen LogP contribution in [0.3, 0.4) is 0 Å². The Morgan fingerprint density at radius 2 is 2.00 bits per heavy atom. The zero-order valence-corrected chi connectivity index (χ0v) is 13.7. The Hall–Kier alpha value is -1.16. The third-order valence-corrected chi connectivity index (χ3v) is 5.14. The fourth-order valence-electron chi connectivity index (χ4n) is 2.47. The van der Waals surface area contributed by atoms with Crippen molar-refractivity contribution in [3.8, 4) is 5.75 Å². The van der Waals surface area contributed by atoms with Gasteiger partial charge in [0.05, 0.1) is 0 Å². The van der Waals surface area contributed by atoms with Crippen LogP contribution in [0.4, 0.5) is 0 Å². The smallest absolute Gasteiger partial charge is 0.260 e. The first-order chi connectivity index (χ1) is 10.1. The van der Waals surface area contributed by atoms with Crippen LogP contribution < -0.4 is 10.1 Å². The molecule has 1 unspecified atom stereocenters. The van der Waals surface area contributed by atoms with Crippen molar-refractivity contribution in [1.29, 1.82) is 0 Å². The number of thioether (sulfide) groups is 1. The second-order valence-electron chi connectivity index (χ2n) is 5.64. The third-order valence-electron chi connectivity index (χ3n) is 3.76. The Balaban J connectivity index is 1.63. The average Bonchev–Trinajstić information content (AvgIpc) is 2.99. The number of carbonyl (C=O) groups is 1. The van der Waals surface area contributed by atoms with Gasteiger partial charge in [-0.3, -0.25) is 4.79 Å². The van der Waals surface area contributed by atoms with Crippen molar-refractivity contribution >= 4 is 17.7 Å². The van der Waals surface area contributed by atoms with Gasteiger partial charge in [0.25, 0.3) is 5.91 Å². The van der Waals surface area contributed by atoms with Gasteiger partial charge in [-0.05, 0) is 38.8 Å². The van der Waals surface area contributed by atoms with Crippen molar-refractivity contribution in [1.82, 2.24) is 5.32 Å². The highest BCUT2D eigenvalue weighted by Crippen LogP contribution is 2.28. The van der Waals surface area contributed by atoms with E-state index in [0.29, 0.717) is 0 Å². The van der Waals surface area contributed by atoms with E-state index < -0.39 is 6.10 Å². The molecule has 0 aliphatic heterocycles. The molecule has 0 heterocycles. The lowest BCUT2D eigenvalue weighted by Gasteiger charge is -2.15. The summed E-state index contributed by atoms with van der Waals surface area (Å²) in [6.45, 7) is 4.54. The Labute approximate surface area is 131 Å². The van der Waals surface area contributed by atoms with Crippen molar-refractivity contribution in [3.05, 3.63) is 29.8 Å². The van der Waals surface area contributed by atoms with Gasteiger partial charge in [-0.15, -0.1) is 0 Å². The van der Waals surface area contributed by atoms with Crippen LogP contribution in [0.1, 0.15) is 38.2 Å². The highest BCUT2D eigenvalue weighted by molar-refractivity contribution is 7.99. The van der Waals surface area contributed by atoms with Gasteiger partial charge in [0.15, 0.2) is 6.10 Å². The zero-order valence-electron chi connectivity index (χ0n) is 12.9. The number of aryl methyl sites for hydroxylation is 1. The van der Waals surface area contributed by atoms with Crippen LogP contribution in [0, 0.1) is 6.92 Å². The summed E-state index contributed by atoms with van der Waals surface area (Å²) in [5.74, 6) is 1.69. The van der Waals surface area contributed by atoms with Crippen LogP contribution in [-0.4, -0.2) is 29.6 Å². The van der Waals surface area contributed by atoms with E-state index in [0.717, 1.165) is 23.3 Å². The van der Waals surface area contributed by atoms with E-state index in [-0.39, 0.29) is 5.91 Å². The summed E-state index contributed by atoms with van der Waals surface area (Å²) in [4.78, 5) is 12.0. The van der Waals surface area contributed by atoms with Gasteiger partial charge in [0.1, 0.15) is 5.75 Å². The van der Waals surface area contributed by atoms with Crippen molar-refractivity contribution in [2.24, 2.45) is 0 Å². The minimum Gasteiger partial charge on any atom is -0.481 e. The lowest BCUT2D eigenvalue weighted by molar-refractivity contribution is -0.127. The summed E-state index contributed by atoms with van der Waals surface area (Å²) in [5.41, 5.74) is 1.18. The molecule has 1 aromatic carbocycles. The Kier molecular flexibility index (Phi) is 6.43. The summed E-state index contributed by atoms with van der Waals surface area (Å²) in [5, 5.41) is 3.76. The molecule has 1 fully saturated rings. The van der Waals surface area contributed by atoms with E-state index in [2.05, 4.69) is 5.32 Å². The van der Waals surface area contributed by atoms with Crippen LogP contribution in [-0.2, 0) is 4.79 Å². The lowest BCUT2D eigenvalue weighted by Crippen LogP contribution is -2.37. The van der Waals surface area contributed by atoms with Gasteiger partial charge in [0, 0.05) is 17.5 Å². The topological polar surface area (TPSA) is 38.3 Å². The van der Waals surface area contributed by atoms with E-state index in [4.69, 9.17) is 4.74 Å². The van der Waals surface area contributed by atoms with Crippen LogP contribution in [0.2, 0.25) is 0 Å². The molecule has 0 spiro atoms. The summed E-state index contributed by atoms with van der Waals surface area (Å²) in [6, 6.07) is 7.76.